The van der Waals surface area contributed by atoms with E-state index >= 15 is 0 Å². The maximum absolute atomic E-state index is 5.78. The summed E-state index contributed by atoms with van der Waals surface area (Å²) < 4.78 is 5.31. The van der Waals surface area contributed by atoms with Gasteiger partial charge in [0.05, 0.1) is 12.1 Å². The molecule has 0 heterocycles. The molecule has 27 heavy (non-hydrogen) atoms. The van der Waals surface area contributed by atoms with Crippen molar-refractivity contribution in [2.75, 3.05) is 12.4 Å². The third-order valence-corrected chi connectivity index (χ3v) is 5.44. The zero-order chi connectivity index (χ0) is 19.6. The second kappa shape index (κ2) is 10.9. The fourth-order valence-electron chi connectivity index (χ4n) is 3.36. The molecule has 2 nitrogen and oxygen atoms in total. The summed E-state index contributed by atoms with van der Waals surface area (Å²) in [4.78, 5) is 0.915. The predicted octanol–water partition coefficient (Wildman–Crippen LogP) is 6.79. The van der Waals surface area contributed by atoms with Crippen LogP contribution in [0.25, 0.3) is 5.76 Å². The Morgan fingerprint density at radius 3 is 2.52 bits per heavy atom. The number of ether oxygens (including phenoxy) is 1. The third-order valence-electron chi connectivity index (χ3n) is 5.00. The molecule has 2 aromatic carbocycles. The fraction of sp³-hybridized carbons (Fsp3) is 0.375. The predicted molar refractivity (Wildman–Crippen MR) is 121 cm³/mol. The van der Waals surface area contributed by atoms with Crippen molar-refractivity contribution in [1.29, 1.82) is 0 Å². The molecule has 1 atom stereocenters. The summed E-state index contributed by atoms with van der Waals surface area (Å²) in [5, 5.41) is 3.46. The highest BCUT2D eigenvalue weighted by Gasteiger charge is 2.16. The van der Waals surface area contributed by atoms with Crippen LogP contribution in [0.2, 0.25) is 0 Å². The smallest absolute Gasteiger partial charge is 0.121 e. The first kappa shape index (κ1) is 21.2. The summed E-state index contributed by atoms with van der Waals surface area (Å²) in [5.74, 6) is 1.03. The molecular formula is C24H31NOS. The number of thiocarbonyl (C=S) groups is 1. The third kappa shape index (κ3) is 6.21. The minimum absolute atomic E-state index is 0.387. The molecule has 0 saturated heterocycles. The molecule has 0 aliphatic rings. The Morgan fingerprint density at radius 2 is 1.81 bits per heavy atom. The van der Waals surface area contributed by atoms with Crippen LogP contribution >= 0.6 is 12.2 Å². The van der Waals surface area contributed by atoms with Gasteiger partial charge < -0.3 is 10.1 Å². The first-order chi connectivity index (χ1) is 13.1. The van der Waals surface area contributed by atoms with Crippen LogP contribution < -0.4 is 5.32 Å². The van der Waals surface area contributed by atoms with Crippen LogP contribution in [0.5, 0.6) is 0 Å². The Morgan fingerprint density at radius 1 is 1.11 bits per heavy atom. The second-order valence-electron chi connectivity index (χ2n) is 6.97. The monoisotopic (exact) mass is 381 g/mol. The molecule has 3 heteroatoms. The highest BCUT2D eigenvalue weighted by Crippen LogP contribution is 2.26. The average Bonchev–Trinajstić information content (AvgIpc) is 2.68. The summed E-state index contributed by atoms with van der Waals surface area (Å²) >= 11 is 5.78. The standard InChI is InChI=1S/C24H31NOS/c1-5-11-21(15-10-14-20-13-7-6-12-18(20)2)24(27)25-23-17-9-8-16-22(23)19(3)26-4/h6-9,12-13,16-17,21H,3,5,10-11,14-15H2,1-2,4H3,(H,25,27). The van der Waals surface area contributed by atoms with E-state index in [4.69, 9.17) is 17.0 Å². The van der Waals surface area contributed by atoms with E-state index in [0.29, 0.717) is 11.7 Å². The first-order valence-electron chi connectivity index (χ1n) is 9.74. The number of hydrogen-bond donors (Lipinski definition) is 1. The zero-order valence-corrected chi connectivity index (χ0v) is 17.6. The van der Waals surface area contributed by atoms with Crippen molar-refractivity contribution in [1.82, 2.24) is 0 Å². The van der Waals surface area contributed by atoms with Gasteiger partial charge in [0.1, 0.15) is 5.76 Å². The van der Waals surface area contributed by atoms with Gasteiger partial charge >= 0.3 is 0 Å². The lowest BCUT2D eigenvalue weighted by Gasteiger charge is -2.21. The molecule has 1 unspecified atom stereocenters. The summed E-state index contributed by atoms with van der Waals surface area (Å²) in [6.07, 6.45) is 5.58. The molecule has 0 spiro atoms. The number of rotatable bonds is 10. The molecule has 0 fully saturated rings. The number of hydrogen-bond acceptors (Lipinski definition) is 2. The van der Waals surface area contributed by atoms with Gasteiger partial charge in [-0.05, 0) is 55.9 Å². The van der Waals surface area contributed by atoms with Gasteiger partial charge in [-0.25, -0.2) is 0 Å². The van der Waals surface area contributed by atoms with E-state index < -0.39 is 0 Å². The maximum atomic E-state index is 5.78. The number of nitrogens with one attached hydrogen (secondary N) is 1. The lowest BCUT2D eigenvalue weighted by molar-refractivity contribution is 0.371. The van der Waals surface area contributed by atoms with Crippen LogP contribution in [0.4, 0.5) is 5.69 Å². The molecule has 2 aromatic rings. The van der Waals surface area contributed by atoms with E-state index in [1.54, 1.807) is 7.11 Å². The van der Waals surface area contributed by atoms with Crippen molar-refractivity contribution in [2.45, 2.75) is 46.0 Å². The normalized spacial score (nSPS) is 11.7. The zero-order valence-electron chi connectivity index (χ0n) is 16.8. The van der Waals surface area contributed by atoms with E-state index in [-0.39, 0.29) is 0 Å². The van der Waals surface area contributed by atoms with Gasteiger partial charge in [0.25, 0.3) is 0 Å². The molecule has 0 aromatic heterocycles. The highest BCUT2D eigenvalue weighted by atomic mass is 32.1. The van der Waals surface area contributed by atoms with Gasteiger partial charge in [0.15, 0.2) is 0 Å². The average molecular weight is 382 g/mol. The van der Waals surface area contributed by atoms with E-state index in [1.165, 1.54) is 11.1 Å². The Labute approximate surface area is 169 Å². The lowest BCUT2D eigenvalue weighted by Crippen LogP contribution is -2.21. The maximum Gasteiger partial charge on any atom is 0.121 e. The van der Waals surface area contributed by atoms with Crippen molar-refractivity contribution in [3.05, 3.63) is 71.8 Å². The van der Waals surface area contributed by atoms with Gasteiger partial charge in [0.2, 0.25) is 0 Å². The van der Waals surface area contributed by atoms with E-state index in [2.05, 4.69) is 50.0 Å². The molecule has 0 radical (unpaired) electrons. The fourth-order valence-corrected chi connectivity index (χ4v) is 3.71. The minimum atomic E-state index is 0.387. The van der Waals surface area contributed by atoms with Gasteiger partial charge in [-0.3, -0.25) is 0 Å². The first-order valence-corrected chi connectivity index (χ1v) is 10.1. The van der Waals surface area contributed by atoms with Crippen molar-refractivity contribution >= 4 is 28.7 Å². The topological polar surface area (TPSA) is 21.3 Å². The quantitative estimate of drug-likeness (QED) is 0.361. The SMILES string of the molecule is C=C(OC)c1ccccc1NC(=S)C(CCC)CCCc1ccccc1C. The van der Waals surface area contributed by atoms with E-state index in [9.17, 15) is 0 Å². The number of anilines is 1. The van der Waals surface area contributed by atoms with Crippen molar-refractivity contribution in [3.8, 4) is 0 Å². The Bertz CT molecular complexity index is 768. The molecule has 0 saturated carbocycles. The molecule has 1 N–H and O–H groups in total. The van der Waals surface area contributed by atoms with Crippen LogP contribution in [-0.2, 0) is 11.2 Å². The molecule has 0 amide bonds. The van der Waals surface area contributed by atoms with Crippen LogP contribution in [-0.4, -0.2) is 12.1 Å². The van der Waals surface area contributed by atoms with Crippen LogP contribution in [0.3, 0.4) is 0 Å². The van der Waals surface area contributed by atoms with Crippen LogP contribution in [0.1, 0.15) is 49.3 Å². The van der Waals surface area contributed by atoms with Gasteiger partial charge in [-0.1, -0.05) is 68.5 Å². The summed E-state index contributed by atoms with van der Waals surface area (Å²) in [6.45, 7) is 8.38. The molecule has 2 rings (SSSR count). The molecule has 0 aliphatic heterocycles. The van der Waals surface area contributed by atoms with Crippen LogP contribution in [0.15, 0.2) is 55.1 Å². The number of methoxy groups -OCH3 is 1. The molecule has 0 bridgehead atoms. The minimum Gasteiger partial charge on any atom is -0.497 e. The summed E-state index contributed by atoms with van der Waals surface area (Å²) in [6, 6.07) is 16.7. The Kier molecular flexibility index (Phi) is 8.53. The van der Waals surface area contributed by atoms with Gasteiger partial charge in [0, 0.05) is 17.2 Å². The lowest BCUT2D eigenvalue weighted by atomic mass is 9.94. The Balaban J connectivity index is 2.01. The van der Waals surface area contributed by atoms with E-state index in [1.807, 2.05) is 24.3 Å². The van der Waals surface area contributed by atoms with E-state index in [0.717, 1.165) is 48.3 Å². The van der Waals surface area contributed by atoms with Crippen molar-refractivity contribution < 1.29 is 4.74 Å². The molecule has 0 aliphatic carbocycles. The van der Waals surface area contributed by atoms with Gasteiger partial charge in [-0.15, -0.1) is 0 Å². The summed E-state index contributed by atoms with van der Waals surface area (Å²) in [7, 11) is 1.64. The Hall–Kier alpha value is -2.13. The van der Waals surface area contributed by atoms with Gasteiger partial charge in [-0.2, -0.15) is 0 Å². The number of aryl methyl sites for hydroxylation is 2. The molecular weight excluding hydrogens is 350 g/mol. The number of benzene rings is 2. The number of para-hydroxylation sites is 1. The highest BCUT2D eigenvalue weighted by molar-refractivity contribution is 7.80. The largest absolute Gasteiger partial charge is 0.497 e. The second-order valence-corrected chi connectivity index (χ2v) is 7.41. The molecule has 144 valence electrons. The van der Waals surface area contributed by atoms with Crippen LogP contribution in [0, 0.1) is 12.8 Å². The summed E-state index contributed by atoms with van der Waals surface area (Å²) in [5.41, 5.74) is 4.73. The van der Waals surface area contributed by atoms with Crippen molar-refractivity contribution in [3.63, 3.8) is 0 Å². The van der Waals surface area contributed by atoms with Crippen molar-refractivity contribution in [2.24, 2.45) is 5.92 Å².